The molecule has 0 unspecified atom stereocenters. The number of rotatable bonds is 4. The van der Waals surface area contributed by atoms with E-state index >= 15 is 0 Å². The molecule has 1 heterocycles. The van der Waals surface area contributed by atoms with Crippen molar-refractivity contribution < 1.29 is 9.53 Å². The summed E-state index contributed by atoms with van der Waals surface area (Å²) >= 11 is 3.44. The Hall–Kier alpha value is -2.14. The summed E-state index contributed by atoms with van der Waals surface area (Å²) in [6, 6.07) is 11.6. The number of benzene rings is 1. The van der Waals surface area contributed by atoms with E-state index < -0.39 is 5.97 Å². The molecule has 2 aromatic rings. The standard InChI is InChI=1S/C16H15BrN2O2/c1-2-21-15(20)9-8-14-13(18)10-12(16(17)19-14)11-6-4-3-5-7-11/h3-10H,2,18H2,1H3/b9-8+. The van der Waals surface area contributed by atoms with Gasteiger partial charge in [0.1, 0.15) is 4.60 Å². The minimum Gasteiger partial charge on any atom is -0.463 e. The van der Waals surface area contributed by atoms with Gasteiger partial charge < -0.3 is 10.5 Å². The van der Waals surface area contributed by atoms with Crippen molar-refractivity contribution in [2.45, 2.75) is 6.92 Å². The first-order valence-electron chi connectivity index (χ1n) is 6.48. The van der Waals surface area contributed by atoms with Gasteiger partial charge in [0, 0.05) is 11.6 Å². The van der Waals surface area contributed by atoms with Crippen molar-refractivity contribution in [3.05, 3.63) is 52.8 Å². The van der Waals surface area contributed by atoms with Gasteiger partial charge in [-0.1, -0.05) is 30.3 Å². The quantitative estimate of drug-likeness (QED) is 0.521. The van der Waals surface area contributed by atoms with Crippen molar-refractivity contribution in [3.8, 4) is 11.1 Å². The molecule has 0 fully saturated rings. The van der Waals surface area contributed by atoms with Crippen LogP contribution in [0.4, 0.5) is 5.69 Å². The summed E-state index contributed by atoms with van der Waals surface area (Å²) in [5, 5.41) is 0. The average Bonchev–Trinajstić information content (AvgIpc) is 2.49. The van der Waals surface area contributed by atoms with E-state index in [0.717, 1.165) is 11.1 Å². The fourth-order valence-electron chi connectivity index (χ4n) is 1.81. The van der Waals surface area contributed by atoms with Gasteiger partial charge in [-0.05, 0) is 40.6 Å². The normalized spacial score (nSPS) is 10.8. The number of aromatic nitrogens is 1. The van der Waals surface area contributed by atoms with Gasteiger partial charge in [-0.15, -0.1) is 0 Å². The number of pyridine rings is 1. The fourth-order valence-corrected chi connectivity index (χ4v) is 2.34. The number of nitrogens with zero attached hydrogens (tertiary/aromatic N) is 1. The van der Waals surface area contributed by atoms with Crippen LogP contribution in [0.2, 0.25) is 0 Å². The summed E-state index contributed by atoms with van der Waals surface area (Å²) in [6.45, 7) is 2.09. The van der Waals surface area contributed by atoms with Crippen molar-refractivity contribution in [2.75, 3.05) is 12.3 Å². The lowest BCUT2D eigenvalue weighted by Gasteiger charge is -2.08. The predicted molar refractivity (Wildman–Crippen MR) is 87.5 cm³/mol. The molecule has 0 saturated carbocycles. The van der Waals surface area contributed by atoms with Crippen molar-refractivity contribution in [2.24, 2.45) is 0 Å². The summed E-state index contributed by atoms with van der Waals surface area (Å²) in [5.41, 5.74) is 8.94. The van der Waals surface area contributed by atoms with Crippen molar-refractivity contribution in [1.29, 1.82) is 0 Å². The highest BCUT2D eigenvalue weighted by atomic mass is 79.9. The van der Waals surface area contributed by atoms with Crippen LogP contribution in [0, 0.1) is 0 Å². The Morgan fingerprint density at radius 1 is 1.38 bits per heavy atom. The van der Waals surface area contributed by atoms with Gasteiger partial charge in [0.25, 0.3) is 0 Å². The number of nitrogen functional groups attached to an aromatic ring is 1. The Morgan fingerprint density at radius 2 is 2.10 bits per heavy atom. The van der Waals surface area contributed by atoms with E-state index in [9.17, 15) is 4.79 Å². The maximum Gasteiger partial charge on any atom is 0.330 e. The van der Waals surface area contributed by atoms with Crippen LogP contribution in [0.1, 0.15) is 12.6 Å². The van der Waals surface area contributed by atoms with Crippen LogP contribution >= 0.6 is 15.9 Å². The molecule has 0 amide bonds. The lowest BCUT2D eigenvalue weighted by Crippen LogP contribution is -2.00. The molecule has 0 aliphatic rings. The van der Waals surface area contributed by atoms with Gasteiger partial charge >= 0.3 is 5.97 Å². The largest absolute Gasteiger partial charge is 0.463 e. The van der Waals surface area contributed by atoms with Crippen LogP contribution in [0.25, 0.3) is 17.2 Å². The first-order valence-corrected chi connectivity index (χ1v) is 7.27. The number of hydrogen-bond acceptors (Lipinski definition) is 4. The highest BCUT2D eigenvalue weighted by Gasteiger charge is 2.08. The topological polar surface area (TPSA) is 65.2 Å². The summed E-state index contributed by atoms with van der Waals surface area (Å²) in [5.74, 6) is -0.415. The average molecular weight is 347 g/mol. The molecular formula is C16H15BrN2O2. The Bertz CT molecular complexity index is 669. The molecule has 2 N–H and O–H groups in total. The number of carbonyl (C=O) groups excluding carboxylic acids is 1. The Kier molecular flexibility index (Phi) is 5.11. The lowest BCUT2D eigenvalue weighted by atomic mass is 10.1. The second kappa shape index (κ2) is 7.04. The molecule has 1 aromatic carbocycles. The predicted octanol–water partition coefficient (Wildman–Crippen LogP) is 3.67. The molecule has 0 aliphatic heterocycles. The molecule has 0 aliphatic carbocycles. The Morgan fingerprint density at radius 3 is 2.76 bits per heavy atom. The maximum absolute atomic E-state index is 11.3. The molecule has 5 heteroatoms. The van der Waals surface area contributed by atoms with Crippen LogP contribution in [-0.4, -0.2) is 17.6 Å². The van der Waals surface area contributed by atoms with Crippen LogP contribution in [-0.2, 0) is 9.53 Å². The van der Waals surface area contributed by atoms with E-state index in [1.54, 1.807) is 13.0 Å². The Labute approximate surface area is 131 Å². The van der Waals surface area contributed by atoms with E-state index in [2.05, 4.69) is 20.9 Å². The van der Waals surface area contributed by atoms with Crippen LogP contribution < -0.4 is 5.73 Å². The van der Waals surface area contributed by atoms with Crippen molar-refractivity contribution >= 4 is 33.7 Å². The zero-order valence-corrected chi connectivity index (χ0v) is 13.1. The summed E-state index contributed by atoms with van der Waals surface area (Å²) in [6.07, 6.45) is 2.86. The summed E-state index contributed by atoms with van der Waals surface area (Å²) in [4.78, 5) is 15.7. The number of halogens is 1. The van der Waals surface area contributed by atoms with Gasteiger partial charge in [-0.3, -0.25) is 0 Å². The Balaban J connectivity index is 2.32. The molecule has 2 rings (SSSR count). The molecule has 1 aromatic heterocycles. The van der Waals surface area contributed by atoms with Crippen molar-refractivity contribution in [1.82, 2.24) is 4.98 Å². The zero-order valence-electron chi connectivity index (χ0n) is 11.5. The second-order valence-corrected chi connectivity index (χ2v) is 5.00. The monoisotopic (exact) mass is 346 g/mol. The highest BCUT2D eigenvalue weighted by molar-refractivity contribution is 9.10. The molecule has 108 valence electrons. The molecule has 21 heavy (non-hydrogen) atoms. The van der Waals surface area contributed by atoms with Gasteiger partial charge in [-0.2, -0.15) is 0 Å². The molecule has 0 spiro atoms. The van der Waals surface area contributed by atoms with Crippen LogP contribution in [0.3, 0.4) is 0 Å². The van der Waals surface area contributed by atoms with Crippen LogP contribution in [0.15, 0.2) is 47.1 Å². The lowest BCUT2D eigenvalue weighted by molar-refractivity contribution is -0.137. The van der Waals surface area contributed by atoms with Gasteiger partial charge in [0.05, 0.1) is 18.0 Å². The van der Waals surface area contributed by atoms with E-state index in [-0.39, 0.29) is 0 Å². The third kappa shape index (κ3) is 3.92. The summed E-state index contributed by atoms with van der Waals surface area (Å²) < 4.78 is 5.49. The smallest absolute Gasteiger partial charge is 0.330 e. The summed E-state index contributed by atoms with van der Waals surface area (Å²) in [7, 11) is 0. The van der Waals surface area contributed by atoms with Gasteiger partial charge in [-0.25, -0.2) is 9.78 Å². The van der Waals surface area contributed by atoms with Crippen LogP contribution in [0.5, 0.6) is 0 Å². The first-order chi connectivity index (χ1) is 10.1. The second-order valence-electron chi connectivity index (χ2n) is 4.25. The highest BCUT2D eigenvalue weighted by Crippen LogP contribution is 2.30. The number of nitrogens with two attached hydrogens (primary N) is 1. The fraction of sp³-hybridized carbons (Fsp3) is 0.125. The zero-order chi connectivity index (χ0) is 15.2. The molecular weight excluding hydrogens is 332 g/mol. The molecule has 0 bridgehead atoms. The van der Waals surface area contributed by atoms with Crippen molar-refractivity contribution in [3.63, 3.8) is 0 Å². The maximum atomic E-state index is 11.3. The molecule has 0 radical (unpaired) electrons. The van der Waals surface area contributed by atoms with E-state index in [1.807, 2.05) is 36.4 Å². The van der Waals surface area contributed by atoms with E-state index in [1.165, 1.54) is 6.08 Å². The van der Waals surface area contributed by atoms with E-state index in [4.69, 9.17) is 10.5 Å². The number of anilines is 1. The SMILES string of the molecule is CCOC(=O)/C=C/c1nc(Br)c(-c2ccccc2)cc1N. The third-order valence-corrected chi connectivity index (χ3v) is 3.39. The third-order valence-electron chi connectivity index (χ3n) is 2.79. The van der Waals surface area contributed by atoms with Gasteiger partial charge in [0.2, 0.25) is 0 Å². The molecule has 0 saturated heterocycles. The number of carbonyl (C=O) groups is 1. The van der Waals surface area contributed by atoms with Gasteiger partial charge in [0.15, 0.2) is 0 Å². The number of hydrogen-bond donors (Lipinski definition) is 1. The van der Waals surface area contributed by atoms with E-state index in [0.29, 0.717) is 22.6 Å². The molecule has 0 atom stereocenters. The number of ether oxygens (including phenoxy) is 1. The minimum absolute atomic E-state index is 0.336. The number of esters is 1. The molecule has 4 nitrogen and oxygen atoms in total. The minimum atomic E-state index is -0.415. The first kappa shape index (κ1) is 15.3.